The van der Waals surface area contributed by atoms with E-state index < -0.39 is 0 Å². The van der Waals surface area contributed by atoms with E-state index in [1.807, 2.05) is 64.2 Å². The minimum absolute atomic E-state index is 0.0929. The SMILES string of the molecule is CC1CCCCN1C(=O)c1cccc(OCc2cn3ccccc3n2)c1. The number of imidazole rings is 1. The van der Waals surface area contributed by atoms with Gasteiger partial charge in [-0.3, -0.25) is 4.79 Å². The van der Waals surface area contributed by atoms with Crippen LogP contribution in [-0.4, -0.2) is 32.8 Å². The van der Waals surface area contributed by atoms with Crippen LogP contribution in [0.4, 0.5) is 0 Å². The fourth-order valence-electron chi connectivity index (χ4n) is 3.50. The van der Waals surface area contributed by atoms with E-state index in [9.17, 15) is 4.79 Å². The third-order valence-corrected chi connectivity index (χ3v) is 4.95. The van der Waals surface area contributed by atoms with E-state index >= 15 is 0 Å². The summed E-state index contributed by atoms with van der Waals surface area (Å²) in [5, 5.41) is 0. The second kappa shape index (κ2) is 7.20. The van der Waals surface area contributed by atoms with Crippen LogP contribution in [0.25, 0.3) is 5.65 Å². The molecule has 0 N–H and O–H groups in total. The summed E-state index contributed by atoms with van der Waals surface area (Å²) in [6, 6.07) is 13.6. The highest BCUT2D eigenvalue weighted by molar-refractivity contribution is 5.94. The molecule has 3 heterocycles. The van der Waals surface area contributed by atoms with Crippen LogP contribution in [0.1, 0.15) is 42.2 Å². The zero-order chi connectivity index (χ0) is 17.9. The van der Waals surface area contributed by atoms with Gasteiger partial charge in [-0.15, -0.1) is 0 Å². The molecule has 0 radical (unpaired) electrons. The molecule has 1 fully saturated rings. The number of pyridine rings is 1. The molecule has 26 heavy (non-hydrogen) atoms. The molecule has 2 aromatic heterocycles. The number of hydrogen-bond acceptors (Lipinski definition) is 3. The second-order valence-corrected chi connectivity index (χ2v) is 6.86. The summed E-state index contributed by atoms with van der Waals surface area (Å²) in [5.41, 5.74) is 2.44. The van der Waals surface area contributed by atoms with Crippen LogP contribution < -0.4 is 4.74 Å². The molecule has 1 aliphatic rings. The molecule has 4 rings (SSSR count). The summed E-state index contributed by atoms with van der Waals surface area (Å²) in [6.07, 6.45) is 7.29. The summed E-state index contributed by atoms with van der Waals surface area (Å²) in [6.45, 7) is 3.34. The lowest BCUT2D eigenvalue weighted by atomic mass is 10.0. The molecule has 1 amide bonds. The molecule has 1 aromatic carbocycles. The maximum atomic E-state index is 12.8. The van der Waals surface area contributed by atoms with E-state index in [0.29, 0.717) is 24.0 Å². The van der Waals surface area contributed by atoms with Gasteiger partial charge in [-0.25, -0.2) is 4.98 Å². The van der Waals surface area contributed by atoms with E-state index in [2.05, 4.69) is 11.9 Å². The predicted octanol–water partition coefficient (Wildman–Crippen LogP) is 3.93. The van der Waals surface area contributed by atoms with Gasteiger partial charge in [0, 0.05) is 30.5 Å². The quantitative estimate of drug-likeness (QED) is 0.717. The Labute approximate surface area is 153 Å². The second-order valence-electron chi connectivity index (χ2n) is 6.86. The number of hydrogen-bond donors (Lipinski definition) is 0. The lowest BCUT2D eigenvalue weighted by Gasteiger charge is -2.33. The Balaban J connectivity index is 1.46. The predicted molar refractivity (Wildman–Crippen MR) is 100 cm³/mol. The van der Waals surface area contributed by atoms with Gasteiger partial charge in [0.25, 0.3) is 5.91 Å². The van der Waals surface area contributed by atoms with Crippen LogP contribution in [0.15, 0.2) is 54.9 Å². The van der Waals surface area contributed by atoms with Gasteiger partial charge in [0.1, 0.15) is 18.0 Å². The van der Waals surface area contributed by atoms with E-state index in [1.54, 1.807) is 0 Å². The molecule has 1 aliphatic heterocycles. The smallest absolute Gasteiger partial charge is 0.254 e. The monoisotopic (exact) mass is 349 g/mol. The maximum absolute atomic E-state index is 12.8. The van der Waals surface area contributed by atoms with Crippen molar-refractivity contribution in [1.82, 2.24) is 14.3 Å². The van der Waals surface area contributed by atoms with E-state index in [-0.39, 0.29) is 5.91 Å². The third-order valence-electron chi connectivity index (χ3n) is 4.95. The number of carbonyl (C=O) groups is 1. The molecule has 0 spiro atoms. The number of nitrogens with zero attached hydrogens (tertiary/aromatic N) is 3. The highest BCUT2D eigenvalue weighted by atomic mass is 16.5. The first-order chi connectivity index (χ1) is 12.7. The molecule has 134 valence electrons. The largest absolute Gasteiger partial charge is 0.487 e. The number of ether oxygens (including phenoxy) is 1. The average Bonchev–Trinajstić information content (AvgIpc) is 3.09. The molecular weight excluding hydrogens is 326 g/mol. The third kappa shape index (κ3) is 3.43. The molecule has 5 nitrogen and oxygen atoms in total. The van der Waals surface area contributed by atoms with Gasteiger partial charge in [0.05, 0.1) is 5.69 Å². The number of fused-ring (bicyclic) bond motifs is 1. The average molecular weight is 349 g/mol. The van der Waals surface area contributed by atoms with Crippen molar-refractivity contribution in [3.05, 3.63) is 66.1 Å². The number of rotatable bonds is 4. The lowest BCUT2D eigenvalue weighted by molar-refractivity contribution is 0.0635. The molecule has 0 bridgehead atoms. The first-order valence-corrected chi connectivity index (χ1v) is 9.17. The highest BCUT2D eigenvalue weighted by Gasteiger charge is 2.24. The number of carbonyl (C=O) groups excluding carboxylic acids is 1. The number of likely N-dealkylation sites (tertiary alicyclic amines) is 1. The summed E-state index contributed by atoms with van der Waals surface area (Å²) in [5.74, 6) is 0.785. The van der Waals surface area contributed by atoms with Gasteiger partial charge in [0.15, 0.2) is 0 Å². The summed E-state index contributed by atoms with van der Waals surface area (Å²) in [4.78, 5) is 19.3. The molecule has 1 atom stereocenters. The molecule has 0 aliphatic carbocycles. The van der Waals surface area contributed by atoms with Crippen LogP contribution >= 0.6 is 0 Å². The van der Waals surface area contributed by atoms with Gasteiger partial charge in [-0.2, -0.15) is 0 Å². The minimum atomic E-state index is 0.0929. The summed E-state index contributed by atoms with van der Waals surface area (Å²) < 4.78 is 7.85. The van der Waals surface area contributed by atoms with Gasteiger partial charge in [0.2, 0.25) is 0 Å². The maximum Gasteiger partial charge on any atom is 0.254 e. The Bertz CT molecular complexity index is 885. The Morgan fingerprint density at radius 2 is 2.15 bits per heavy atom. The molecule has 1 unspecified atom stereocenters. The fourth-order valence-corrected chi connectivity index (χ4v) is 3.50. The van der Waals surface area contributed by atoms with Gasteiger partial charge in [-0.1, -0.05) is 12.1 Å². The normalized spacial score (nSPS) is 17.4. The van der Waals surface area contributed by atoms with Gasteiger partial charge in [-0.05, 0) is 56.5 Å². The standard InChI is InChI=1S/C21H23N3O2/c1-16-7-2-5-12-24(16)21(25)17-8-6-9-19(13-17)26-15-18-14-23-11-4-3-10-20(23)22-18/h3-4,6,8-11,13-14,16H,2,5,7,12,15H2,1H3. The molecule has 3 aromatic rings. The lowest BCUT2D eigenvalue weighted by Crippen LogP contribution is -2.42. The zero-order valence-corrected chi connectivity index (χ0v) is 15.0. The summed E-state index contributed by atoms with van der Waals surface area (Å²) >= 11 is 0. The Morgan fingerprint density at radius 3 is 3.00 bits per heavy atom. The fraction of sp³-hybridized carbons (Fsp3) is 0.333. The van der Waals surface area contributed by atoms with Crippen molar-refractivity contribution in [1.29, 1.82) is 0 Å². The van der Waals surface area contributed by atoms with Crippen LogP contribution in [0.5, 0.6) is 5.75 Å². The van der Waals surface area contributed by atoms with Gasteiger partial charge < -0.3 is 14.0 Å². The van der Waals surface area contributed by atoms with Crippen molar-refractivity contribution in [3.8, 4) is 5.75 Å². The van der Waals surface area contributed by atoms with Crippen molar-refractivity contribution in [2.45, 2.75) is 38.8 Å². The van der Waals surface area contributed by atoms with Gasteiger partial charge >= 0.3 is 0 Å². The van der Waals surface area contributed by atoms with Crippen molar-refractivity contribution in [3.63, 3.8) is 0 Å². The minimum Gasteiger partial charge on any atom is -0.487 e. The van der Waals surface area contributed by atoms with Crippen molar-refractivity contribution in [2.24, 2.45) is 0 Å². The number of amides is 1. The van der Waals surface area contributed by atoms with E-state index in [4.69, 9.17) is 4.74 Å². The first-order valence-electron chi connectivity index (χ1n) is 9.17. The number of benzene rings is 1. The Hall–Kier alpha value is -2.82. The molecule has 0 saturated carbocycles. The van der Waals surface area contributed by atoms with Crippen molar-refractivity contribution in [2.75, 3.05) is 6.54 Å². The molecule has 1 saturated heterocycles. The van der Waals surface area contributed by atoms with E-state index in [0.717, 1.165) is 30.7 Å². The Kier molecular flexibility index (Phi) is 4.61. The van der Waals surface area contributed by atoms with Crippen LogP contribution in [0, 0.1) is 0 Å². The molecular formula is C21H23N3O2. The van der Waals surface area contributed by atoms with Crippen LogP contribution in [0.2, 0.25) is 0 Å². The van der Waals surface area contributed by atoms with Crippen LogP contribution in [0.3, 0.4) is 0 Å². The topological polar surface area (TPSA) is 46.8 Å². The number of aromatic nitrogens is 2. The number of piperidine rings is 1. The van der Waals surface area contributed by atoms with Crippen LogP contribution in [-0.2, 0) is 6.61 Å². The highest BCUT2D eigenvalue weighted by Crippen LogP contribution is 2.22. The molecule has 5 heteroatoms. The summed E-state index contributed by atoms with van der Waals surface area (Å²) in [7, 11) is 0. The zero-order valence-electron chi connectivity index (χ0n) is 15.0. The van der Waals surface area contributed by atoms with Crippen molar-refractivity contribution < 1.29 is 9.53 Å². The Morgan fingerprint density at radius 1 is 1.23 bits per heavy atom. The first kappa shape index (κ1) is 16.6. The van der Waals surface area contributed by atoms with E-state index in [1.165, 1.54) is 6.42 Å². The van der Waals surface area contributed by atoms with Crippen molar-refractivity contribution >= 4 is 11.6 Å².